The predicted molar refractivity (Wildman–Crippen MR) is 83.4 cm³/mol. The molecule has 7 nitrogen and oxygen atoms in total. The molecule has 1 saturated heterocycles. The summed E-state index contributed by atoms with van der Waals surface area (Å²) in [5, 5.41) is 0.661. The number of hydrogen-bond acceptors (Lipinski definition) is 4. The standard InChI is InChI=1S/C16H17N3O4/c1-23-11-2-3-14-12(8-11)13(9-17-14)15(21)16(22)19-6-4-18(10-20)5-7-19/h2-3,8-10,17H,4-7H2,1H3. The zero-order chi connectivity index (χ0) is 16.4. The van der Waals surface area contributed by atoms with Crippen molar-refractivity contribution in [2.24, 2.45) is 0 Å². The number of Topliss-reactive ketones (excluding diaryl/α,β-unsaturated/α-hetero) is 1. The first-order chi connectivity index (χ1) is 11.1. The molecule has 0 atom stereocenters. The van der Waals surface area contributed by atoms with E-state index in [0.717, 1.165) is 11.9 Å². The first-order valence-corrected chi connectivity index (χ1v) is 7.32. The summed E-state index contributed by atoms with van der Waals surface area (Å²) in [6, 6.07) is 5.32. The number of nitrogens with zero attached hydrogens (tertiary/aromatic N) is 2. The second-order valence-electron chi connectivity index (χ2n) is 5.38. The van der Waals surface area contributed by atoms with Gasteiger partial charge in [-0.3, -0.25) is 14.4 Å². The number of benzene rings is 1. The number of rotatable bonds is 4. The van der Waals surface area contributed by atoms with Crippen molar-refractivity contribution in [3.05, 3.63) is 30.0 Å². The lowest BCUT2D eigenvalue weighted by Gasteiger charge is -2.32. The SMILES string of the molecule is COc1ccc2[nH]cc(C(=O)C(=O)N3CCN(C=O)CC3)c2c1. The van der Waals surface area contributed by atoms with Crippen LogP contribution in [-0.4, -0.2) is 66.2 Å². The Labute approximate surface area is 132 Å². The fraction of sp³-hybridized carbons (Fsp3) is 0.312. The second kappa shape index (κ2) is 6.12. The van der Waals surface area contributed by atoms with E-state index in [1.807, 2.05) is 0 Å². The van der Waals surface area contributed by atoms with Gasteiger partial charge < -0.3 is 19.5 Å². The molecular weight excluding hydrogens is 298 g/mol. The summed E-state index contributed by atoms with van der Waals surface area (Å²) in [5.74, 6) is -0.471. The Hall–Kier alpha value is -2.83. The fourth-order valence-electron chi connectivity index (χ4n) is 2.70. The first-order valence-electron chi connectivity index (χ1n) is 7.32. The molecule has 0 spiro atoms. The maximum atomic E-state index is 12.5. The number of aromatic amines is 1. The number of carbonyl (C=O) groups excluding carboxylic acids is 3. The van der Waals surface area contributed by atoms with Crippen LogP contribution in [-0.2, 0) is 9.59 Å². The fourth-order valence-corrected chi connectivity index (χ4v) is 2.70. The molecule has 3 rings (SSSR count). The monoisotopic (exact) mass is 315 g/mol. The number of carbonyl (C=O) groups is 3. The highest BCUT2D eigenvalue weighted by Crippen LogP contribution is 2.24. The highest BCUT2D eigenvalue weighted by atomic mass is 16.5. The predicted octanol–water partition coefficient (Wildman–Crippen LogP) is 0.660. The van der Waals surface area contributed by atoms with Gasteiger partial charge in [0.2, 0.25) is 6.41 Å². The van der Waals surface area contributed by atoms with Crippen molar-refractivity contribution < 1.29 is 19.1 Å². The van der Waals surface area contributed by atoms with Crippen LogP contribution in [0.5, 0.6) is 5.75 Å². The maximum Gasteiger partial charge on any atom is 0.295 e. The van der Waals surface area contributed by atoms with Gasteiger partial charge in [0.15, 0.2) is 0 Å². The normalized spacial score (nSPS) is 14.8. The van der Waals surface area contributed by atoms with E-state index in [0.29, 0.717) is 42.9 Å². The van der Waals surface area contributed by atoms with Crippen LogP contribution in [0.1, 0.15) is 10.4 Å². The maximum absolute atomic E-state index is 12.5. The lowest BCUT2D eigenvalue weighted by Crippen LogP contribution is -2.50. The van der Waals surface area contributed by atoms with Crippen molar-refractivity contribution in [1.29, 1.82) is 0 Å². The molecule has 1 aliphatic rings. The number of hydrogen-bond donors (Lipinski definition) is 1. The average molecular weight is 315 g/mol. The number of nitrogens with one attached hydrogen (secondary N) is 1. The molecule has 7 heteroatoms. The first kappa shape index (κ1) is 15.1. The minimum atomic E-state index is -0.552. The van der Waals surface area contributed by atoms with Gasteiger partial charge in [-0.15, -0.1) is 0 Å². The number of amides is 2. The van der Waals surface area contributed by atoms with Gasteiger partial charge in [0.1, 0.15) is 5.75 Å². The molecule has 1 N–H and O–H groups in total. The zero-order valence-electron chi connectivity index (χ0n) is 12.7. The topological polar surface area (TPSA) is 82.7 Å². The van der Waals surface area contributed by atoms with Gasteiger partial charge in [-0.05, 0) is 18.2 Å². The largest absolute Gasteiger partial charge is 0.497 e. The van der Waals surface area contributed by atoms with Crippen LogP contribution in [0.2, 0.25) is 0 Å². The highest BCUT2D eigenvalue weighted by Gasteiger charge is 2.28. The highest BCUT2D eigenvalue weighted by molar-refractivity contribution is 6.44. The van der Waals surface area contributed by atoms with Crippen LogP contribution in [0, 0.1) is 0 Å². The van der Waals surface area contributed by atoms with Crippen LogP contribution >= 0.6 is 0 Å². The molecule has 0 aliphatic carbocycles. The number of piperazine rings is 1. The van der Waals surface area contributed by atoms with Gasteiger partial charge in [0.25, 0.3) is 11.7 Å². The minimum Gasteiger partial charge on any atom is -0.497 e. The van der Waals surface area contributed by atoms with Gasteiger partial charge in [-0.1, -0.05) is 0 Å². The smallest absolute Gasteiger partial charge is 0.295 e. The zero-order valence-corrected chi connectivity index (χ0v) is 12.7. The summed E-state index contributed by atoms with van der Waals surface area (Å²) in [5.41, 5.74) is 1.11. The Morgan fingerprint density at radius 3 is 2.61 bits per heavy atom. The Balaban J connectivity index is 1.82. The van der Waals surface area contributed by atoms with E-state index in [2.05, 4.69) is 4.98 Å². The molecule has 2 amide bonds. The van der Waals surface area contributed by atoms with Crippen LogP contribution in [0.3, 0.4) is 0 Å². The van der Waals surface area contributed by atoms with Gasteiger partial charge >= 0.3 is 0 Å². The third-order valence-electron chi connectivity index (χ3n) is 4.08. The molecular formula is C16H17N3O4. The van der Waals surface area contributed by atoms with E-state index in [4.69, 9.17) is 4.74 Å². The second-order valence-corrected chi connectivity index (χ2v) is 5.38. The number of ketones is 1. The molecule has 2 heterocycles. The van der Waals surface area contributed by atoms with E-state index < -0.39 is 11.7 Å². The summed E-state index contributed by atoms with van der Waals surface area (Å²) in [4.78, 5) is 41.7. The molecule has 1 aromatic carbocycles. The van der Waals surface area contributed by atoms with E-state index in [-0.39, 0.29) is 0 Å². The summed E-state index contributed by atoms with van der Waals surface area (Å²) in [6.45, 7) is 1.64. The molecule has 0 radical (unpaired) electrons. The quantitative estimate of drug-likeness (QED) is 0.510. The van der Waals surface area contributed by atoms with E-state index >= 15 is 0 Å². The molecule has 0 saturated carbocycles. The molecule has 0 unspecified atom stereocenters. The number of H-pyrrole nitrogens is 1. The van der Waals surface area contributed by atoms with Crippen molar-refractivity contribution in [1.82, 2.24) is 14.8 Å². The molecule has 2 aromatic rings. The third-order valence-corrected chi connectivity index (χ3v) is 4.08. The molecule has 1 aromatic heterocycles. The van der Waals surface area contributed by atoms with Crippen LogP contribution < -0.4 is 4.74 Å². The van der Waals surface area contributed by atoms with Gasteiger partial charge in [0, 0.05) is 43.3 Å². The number of methoxy groups -OCH3 is 1. The van der Waals surface area contributed by atoms with Crippen LogP contribution in [0.4, 0.5) is 0 Å². The summed E-state index contributed by atoms with van der Waals surface area (Å²) >= 11 is 0. The van der Waals surface area contributed by atoms with Crippen molar-refractivity contribution in [2.75, 3.05) is 33.3 Å². The number of aromatic nitrogens is 1. The van der Waals surface area contributed by atoms with E-state index in [1.54, 1.807) is 36.4 Å². The lowest BCUT2D eigenvalue weighted by molar-refractivity contribution is -0.131. The van der Waals surface area contributed by atoms with Crippen molar-refractivity contribution in [3.63, 3.8) is 0 Å². The molecule has 1 aliphatic heterocycles. The Morgan fingerprint density at radius 1 is 1.22 bits per heavy atom. The summed E-state index contributed by atoms with van der Waals surface area (Å²) in [7, 11) is 1.55. The van der Waals surface area contributed by atoms with Crippen molar-refractivity contribution in [2.45, 2.75) is 0 Å². The minimum absolute atomic E-state index is 0.335. The number of ether oxygens (including phenoxy) is 1. The molecule has 23 heavy (non-hydrogen) atoms. The van der Waals surface area contributed by atoms with Crippen molar-refractivity contribution >= 4 is 29.0 Å². The Kier molecular flexibility index (Phi) is 4.01. The van der Waals surface area contributed by atoms with Crippen LogP contribution in [0.25, 0.3) is 10.9 Å². The van der Waals surface area contributed by atoms with Crippen molar-refractivity contribution in [3.8, 4) is 5.75 Å². The molecule has 1 fully saturated rings. The molecule has 0 bridgehead atoms. The molecule has 120 valence electrons. The summed E-state index contributed by atoms with van der Waals surface area (Å²) < 4.78 is 5.17. The summed E-state index contributed by atoms with van der Waals surface area (Å²) in [6.07, 6.45) is 2.31. The third kappa shape index (κ3) is 2.77. The number of fused-ring (bicyclic) bond motifs is 1. The van der Waals surface area contributed by atoms with Crippen LogP contribution in [0.15, 0.2) is 24.4 Å². The Bertz CT molecular complexity index is 760. The Morgan fingerprint density at radius 2 is 1.96 bits per heavy atom. The lowest BCUT2D eigenvalue weighted by atomic mass is 10.1. The van der Waals surface area contributed by atoms with Gasteiger partial charge in [-0.25, -0.2) is 0 Å². The van der Waals surface area contributed by atoms with E-state index in [9.17, 15) is 14.4 Å². The van der Waals surface area contributed by atoms with Gasteiger partial charge in [-0.2, -0.15) is 0 Å². The average Bonchev–Trinajstić information content (AvgIpc) is 3.03. The van der Waals surface area contributed by atoms with E-state index in [1.165, 1.54) is 4.90 Å². The van der Waals surface area contributed by atoms with Gasteiger partial charge in [0.05, 0.1) is 12.7 Å².